The van der Waals surface area contributed by atoms with Crippen LogP contribution < -0.4 is 25.8 Å². The van der Waals surface area contributed by atoms with Crippen molar-refractivity contribution in [2.45, 2.75) is 6.42 Å². The highest BCUT2D eigenvalue weighted by Crippen LogP contribution is 2.32. The number of aliphatic imine (C=N–C) groups is 1. The van der Waals surface area contributed by atoms with E-state index in [4.69, 9.17) is 15.2 Å². The average Bonchev–Trinajstić information content (AvgIpc) is 2.90. The quantitative estimate of drug-likeness (QED) is 0.361. The summed E-state index contributed by atoms with van der Waals surface area (Å²) >= 11 is 0. The molecule has 0 saturated carbocycles. The van der Waals surface area contributed by atoms with Crippen LogP contribution in [0.1, 0.15) is 16.8 Å². The Morgan fingerprint density at radius 3 is 2.63 bits per heavy atom. The molecule has 0 fully saturated rings. The standard InChI is InChI=1S/C19H22N4O4/c20-19(22-9-8-21-18(25)13-2-5-15(24)6-3-13)23-14-4-7-16-17(12-14)27-11-1-10-26-16/h2-7,12,24H,1,8-11H2,(H,21,25)(H3,20,22,23). The average molecular weight is 370 g/mol. The second-order valence-electron chi connectivity index (χ2n) is 5.91. The first-order valence-corrected chi connectivity index (χ1v) is 8.65. The maximum absolute atomic E-state index is 11.9. The molecule has 1 amide bonds. The van der Waals surface area contributed by atoms with Crippen molar-refractivity contribution >= 4 is 17.6 Å². The number of benzene rings is 2. The Labute approximate surface area is 157 Å². The van der Waals surface area contributed by atoms with Crippen LogP contribution in [0.15, 0.2) is 47.5 Å². The molecule has 8 heteroatoms. The molecule has 0 aromatic heterocycles. The van der Waals surface area contributed by atoms with Crippen LogP contribution in [0.25, 0.3) is 0 Å². The van der Waals surface area contributed by atoms with Gasteiger partial charge in [0.15, 0.2) is 17.5 Å². The summed E-state index contributed by atoms with van der Waals surface area (Å²) in [5.41, 5.74) is 7.10. The number of nitrogens with one attached hydrogen (secondary N) is 2. The molecule has 0 atom stereocenters. The van der Waals surface area contributed by atoms with E-state index in [0.717, 1.165) is 12.1 Å². The Morgan fingerprint density at radius 2 is 1.85 bits per heavy atom. The minimum Gasteiger partial charge on any atom is -0.508 e. The molecule has 2 aromatic rings. The second-order valence-corrected chi connectivity index (χ2v) is 5.91. The zero-order chi connectivity index (χ0) is 19.1. The van der Waals surface area contributed by atoms with Crippen LogP contribution in [0.5, 0.6) is 17.2 Å². The summed E-state index contributed by atoms with van der Waals surface area (Å²) in [7, 11) is 0. The summed E-state index contributed by atoms with van der Waals surface area (Å²) < 4.78 is 11.2. The third kappa shape index (κ3) is 5.27. The number of rotatable bonds is 5. The number of hydrogen-bond donors (Lipinski definition) is 4. The Kier molecular flexibility index (Phi) is 5.98. The third-order valence-electron chi connectivity index (χ3n) is 3.83. The van der Waals surface area contributed by atoms with Gasteiger partial charge in [0.2, 0.25) is 0 Å². The number of phenols is 1. The molecule has 3 rings (SSSR count). The SMILES string of the molecule is NC(=NCCNC(=O)c1ccc(O)cc1)Nc1ccc2c(c1)OCCCO2. The molecule has 0 bridgehead atoms. The molecule has 0 radical (unpaired) electrons. The van der Waals surface area contributed by atoms with Crippen molar-refractivity contribution in [3.8, 4) is 17.2 Å². The van der Waals surface area contributed by atoms with E-state index in [1.165, 1.54) is 12.1 Å². The summed E-state index contributed by atoms with van der Waals surface area (Å²) in [6, 6.07) is 11.5. The van der Waals surface area contributed by atoms with Crippen molar-refractivity contribution in [3.05, 3.63) is 48.0 Å². The number of carbonyl (C=O) groups excluding carboxylic acids is 1. The fourth-order valence-electron chi connectivity index (χ4n) is 2.49. The normalized spacial score (nSPS) is 13.6. The van der Waals surface area contributed by atoms with Gasteiger partial charge in [0.1, 0.15) is 5.75 Å². The van der Waals surface area contributed by atoms with Gasteiger partial charge in [-0.3, -0.25) is 9.79 Å². The summed E-state index contributed by atoms with van der Waals surface area (Å²) in [6.45, 7) is 1.91. The molecule has 5 N–H and O–H groups in total. The molecular formula is C19H22N4O4. The van der Waals surface area contributed by atoms with E-state index in [2.05, 4.69) is 15.6 Å². The molecule has 27 heavy (non-hydrogen) atoms. The third-order valence-corrected chi connectivity index (χ3v) is 3.83. The molecule has 2 aromatic carbocycles. The number of hydrogen-bond acceptors (Lipinski definition) is 5. The lowest BCUT2D eigenvalue weighted by molar-refractivity contribution is 0.0955. The molecule has 0 spiro atoms. The van der Waals surface area contributed by atoms with Crippen molar-refractivity contribution in [2.24, 2.45) is 10.7 Å². The number of nitrogens with two attached hydrogens (primary N) is 1. The molecule has 1 aliphatic heterocycles. The molecule has 0 saturated heterocycles. The fraction of sp³-hybridized carbons (Fsp3) is 0.263. The van der Waals surface area contributed by atoms with Gasteiger partial charge in [-0.1, -0.05) is 0 Å². The fourth-order valence-corrected chi connectivity index (χ4v) is 2.49. The number of carbonyl (C=O) groups is 1. The molecule has 0 unspecified atom stereocenters. The number of aromatic hydroxyl groups is 1. The van der Waals surface area contributed by atoms with Crippen LogP contribution >= 0.6 is 0 Å². The number of amides is 1. The summed E-state index contributed by atoms with van der Waals surface area (Å²) in [4.78, 5) is 16.1. The predicted octanol–water partition coefficient (Wildman–Crippen LogP) is 1.71. The molecule has 0 aliphatic carbocycles. The van der Waals surface area contributed by atoms with Gasteiger partial charge in [-0.15, -0.1) is 0 Å². The van der Waals surface area contributed by atoms with Gasteiger partial charge in [-0.2, -0.15) is 0 Å². The second kappa shape index (κ2) is 8.79. The minimum atomic E-state index is -0.236. The first-order valence-electron chi connectivity index (χ1n) is 8.65. The van der Waals surface area contributed by atoms with Gasteiger partial charge in [0.25, 0.3) is 5.91 Å². The Hall–Kier alpha value is -3.42. The number of nitrogens with zero attached hydrogens (tertiary/aromatic N) is 1. The molecule has 1 heterocycles. The summed E-state index contributed by atoms with van der Waals surface area (Å²) in [5, 5.41) is 15.0. The predicted molar refractivity (Wildman–Crippen MR) is 103 cm³/mol. The van der Waals surface area contributed by atoms with Crippen molar-refractivity contribution in [2.75, 3.05) is 31.6 Å². The first-order chi connectivity index (χ1) is 13.1. The Bertz CT molecular complexity index is 821. The van der Waals surface area contributed by atoms with Gasteiger partial charge in [-0.25, -0.2) is 0 Å². The van der Waals surface area contributed by atoms with Gasteiger partial charge >= 0.3 is 0 Å². The monoisotopic (exact) mass is 370 g/mol. The van der Waals surface area contributed by atoms with Crippen molar-refractivity contribution in [3.63, 3.8) is 0 Å². The van der Waals surface area contributed by atoms with Gasteiger partial charge in [0, 0.05) is 30.3 Å². The van der Waals surface area contributed by atoms with Crippen molar-refractivity contribution in [1.29, 1.82) is 0 Å². The first kappa shape index (κ1) is 18.4. The van der Waals surface area contributed by atoms with Crippen molar-refractivity contribution in [1.82, 2.24) is 5.32 Å². The van der Waals surface area contributed by atoms with Crippen LogP contribution in [0, 0.1) is 0 Å². The van der Waals surface area contributed by atoms with E-state index in [9.17, 15) is 9.90 Å². The van der Waals surface area contributed by atoms with E-state index in [-0.39, 0.29) is 17.6 Å². The Morgan fingerprint density at radius 1 is 1.11 bits per heavy atom. The van der Waals surface area contributed by atoms with E-state index < -0.39 is 0 Å². The Balaban J connectivity index is 1.47. The van der Waals surface area contributed by atoms with Crippen LogP contribution in [-0.4, -0.2) is 43.3 Å². The van der Waals surface area contributed by atoms with Crippen LogP contribution in [0.2, 0.25) is 0 Å². The maximum Gasteiger partial charge on any atom is 0.251 e. The summed E-state index contributed by atoms with van der Waals surface area (Å²) in [5.74, 6) is 1.50. The van der Waals surface area contributed by atoms with Crippen LogP contribution in [0.3, 0.4) is 0 Å². The van der Waals surface area contributed by atoms with Crippen molar-refractivity contribution < 1.29 is 19.4 Å². The molecule has 1 aliphatic rings. The molecular weight excluding hydrogens is 348 g/mol. The summed E-state index contributed by atoms with van der Waals surface area (Å²) in [6.07, 6.45) is 0.844. The van der Waals surface area contributed by atoms with Crippen LogP contribution in [0.4, 0.5) is 5.69 Å². The number of guanidine groups is 1. The lowest BCUT2D eigenvalue weighted by Gasteiger charge is -2.11. The van der Waals surface area contributed by atoms with E-state index >= 15 is 0 Å². The highest BCUT2D eigenvalue weighted by Gasteiger charge is 2.11. The van der Waals surface area contributed by atoms with Crippen LogP contribution in [-0.2, 0) is 0 Å². The van der Waals surface area contributed by atoms with E-state index in [1.807, 2.05) is 18.2 Å². The largest absolute Gasteiger partial charge is 0.508 e. The highest BCUT2D eigenvalue weighted by atomic mass is 16.5. The smallest absolute Gasteiger partial charge is 0.251 e. The number of phenolic OH excluding ortho intramolecular Hbond substituents is 1. The maximum atomic E-state index is 11.9. The topological polar surface area (TPSA) is 118 Å². The lowest BCUT2D eigenvalue weighted by atomic mass is 10.2. The minimum absolute atomic E-state index is 0.116. The number of anilines is 1. The number of fused-ring (bicyclic) bond motifs is 1. The molecule has 142 valence electrons. The van der Waals surface area contributed by atoms with Gasteiger partial charge in [-0.05, 0) is 36.4 Å². The highest BCUT2D eigenvalue weighted by molar-refractivity contribution is 5.94. The zero-order valence-corrected chi connectivity index (χ0v) is 14.8. The van der Waals surface area contributed by atoms with E-state index in [1.54, 1.807) is 12.1 Å². The number of ether oxygens (including phenoxy) is 2. The lowest BCUT2D eigenvalue weighted by Crippen LogP contribution is -2.28. The molecule has 8 nitrogen and oxygen atoms in total. The van der Waals surface area contributed by atoms with Gasteiger partial charge < -0.3 is 30.9 Å². The van der Waals surface area contributed by atoms with E-state index in [0.29, 0.717) is 43.4 Å². The zero-order valence-electron chi connectivity index (χ0n) is 14.8. The van der Waals surface area contributed by atoms with Gasteiger partial charge in [0.05, 0.1) is 19.8 Å².